The molecule has 27 heavy (non-hydrogen) atoms. The molecule has 3 rings (SSSR count). The Labute approximate surface area is 178 Å². The van der Waals surface area contributed by atoms with Gasteiger partial charge in [-0.3, -0.25) is 0 Å². The fourth-order valence-corrected chi connectivity index (χ4v) is 4.84. The molecule has 9 heteroatoms. The number of nitrogens with one attached hydrogen (secondary N) is 2. The highest BCUT2D eigenvalue weighted by molar-refractivity contribution is 6.52. The number of ether oxygens (including phenoxy) is 1. The number of fused-ring (bicyclic) bond motifs is 1. The van der Waals surface area contributed by atoms with E-state index in [4.69, 9.17) is 51.1 Å². The van der Waals surface area contributed by atoms with Gasteiger partial charge in [-0.2, -0.15) is 0 Å². The van der Waals surface area contributed by atoms with Gasteiger partial charge in [0.15, 0.2) is 0 Å². The van der Waals surface area contributed by atoms with Crippen molar-refractivity contribution in [3.8, 4) is 0 Å². The summed E-state index contributed by atoms with van der Waals surface area (Å²) in [4.78, 5) is 14.6. The first-order valence-electron chi connectivity index (χ1n) is 8.20. The normalized spacial score (nSPS) is 23.0. The molecule has 146 valence electrons. The van der Waals surface area contributed by atoms with E-state index in [1.54, 1.807) is 0 Å². The predicted molar refractivity (Wildman–Crippen MR) is 111 cm³/mol. The summed E-state index contributed by atoms with van der Waals surface area (Å²) in [5.74, 6) is -0.641. The molecule has 0 spiro atoms. The van der Waals surface area contributed by atoms with E-state index < -0.39 is 16.0 Å². The van der Waals surface area contributed by atoms with Gasteiger partial charge in [-0.05, 0) is 19.5 Å². The molecule has 1 aromatic rings. The molecule has 2 N–H and O–H groups in total. The Hall–Kier alpha value is -1.11. The number of hydrogen-bond donors (Lipinski definition) is 2. The van der Waals surface area contributed by atoms with E-state index in [1.165, 1.54) is 0 Å². The second-order valence-electron chi connectivity index (χ2n) is 6.57. The van der Waals surface area contributed by atoms with Crippen LogP contribution in [0.4, 0.5) is 5.69 Å². The molecule has 0 saturated heterocycles. The molecule has 0 aromatic heterocycles. The van der Waals surface area contributed by atoms with Crippen LogP contribution in [-0.4, -0.2) is 34.2 Å². The number of cyclic esters (lactones) is 1. The van der Waals surface area contributed by atoms with Crippen LogP contribution in [-0.2, 0) is 14.8 Å². The quantitative estimate of drug-likeness (QED) is 0.529. The van der Waals surface area contributed by atoms with Gasteiger partial charge < -0.3 is 20.3 Å². The predicted octanol–water partition coefficient (Wildman–Crippen LogP) is 4.30. The number of likely N-dealkylation sites (N-methyl/N-ethyl adjacent to an activating group) is 2. The van der Waals surface area contributed by atoms with Crippen molar-refractivity contribution in [2.24, 2.45) is 0 Å². The number of esters is 1. The number of rotatable bonds is 4. The van der Waals surface area contributed by atoms with Crippen molar-refractivity contribution >= 4 is 58.1 Å². The van der Waals surface area contributed by atoms with Crippen molar-refractivity contribution in [2.45, 2.75) is 16.5 Å². The lowest BCUT2D eigenvalue weighted by Gasteiger charge is -2.37. The topological polar surface area (TPSA) is 53.6 Å². The number of alkyl halides is 2. The van der Waals surface area contributed by atoms with Gasteiger partial charge >= 0.3 is 5.97 Å². The molecule has 0 saturated carbocycles. The van der Waals surface area contributed by atoms with E-state index in [0.29, 0.717) is 17.7 Å². The third-order valence-corrected chi connectivity index (χ3v) is 6.27. The maximum atomic E-state index is 12.8. The number of benzene rings is 1. The fraction of sp³-hybridized carbons (Fsp3) is 0.389. The van der Waals surface area contributed by atoms with Crippen LogP contribution in [0.15, 0.2) is 23.9 Å². The summed E-state index contributed by atoms with van der Waals surface area (Å²) in [7, 11) is 7.31. The smallest absolute Gasteiger partial charge is 0.342 e. The van der Waals surface area contributed by atoms with E-state index in [9.17, 15) is 4.79 Å². The van der Waals surface area contributed by atoms with Gasteiger partial charge in [0.2, 0.25) is 0 Å². The average molecular weight is 451 g/mol. The fourth-order valence-electron chi connectivity index (χ4n) is 3.55. The molecule has 1 atom stereocenters. The first-order chi connectivity index (χ1) is 12.6. The summed E-state index contributed by atoms with van der Waals surface area (Å²) >= 11 is 25.6. The van der Waals surface area contributed by atoms with E-state index in [0.717, 1.165) is 5.70 Å². The molecule has 2 aliphatic rings. The largest absolute Gasteiger partial charge is 0.421 e. The molecule has 0 bridgehead atoms. The van der Waals surface area contributed by atoms with Crippen LogP contribution >= 0.6 is 46.4 Å². The van der Waals surface area contributed by atoms with Gasteiger partial charge in [-0.25, -0.2) is 4.79 Å². The summed E-state index contributed by atoms with van der Waals surface area (Å²) in [6.07, 6.45) is 6.50. The third-order valence-electron chi connectivity index (χ3n) is 4.89. The van der Waals surface area contributed by atoms with E-state index in [1.807, 2.05) is 51.3 Å². The molecule has 1 aromatic carbocycles. The minimum absolute atomic E-state index is 0.104. The summed E-state index contributed by atoms with van der Waals surface area (Å²) in [5, 5.41) is 6.78. The Balaban J connectivity index is 2.41. The van der Waals surface area contributed by atoms with Crippen molar-refractivity contribution in [3.63, 3.8) is 0 Å². The highest BCUT2D eigenvalue weighted by atomic mass is 35.5. The van der Waals surface area contributed by atoms with Gasteiger partial charge in [-0.1, -0.05) is 58.6 Å². The Kier molecular flexibility index (Phi) is 5.38. The molecule has 1 aliphatic carbocycles. The molecular formula is C18H19Cl4N3O2. The Morgan fingerprint density at radius 2 is 1.81 bits per heavy atom. The molecule has 5 nitrogen and oxygen atoms in total. The highest BCUT2D eigenvalue weighted by Crippen LogP contribution is 2.55. The first kappa shape index (κ1) is 20.6. The van der Waals surface area contributed by atoms with Gasteiger partial charge in [0.1, 0.15) is 0 Å². The molecule has 0 radical (unpaired) electrons. The summed E-state index contributed by atoms with van der Waals surface area (Å²) in [5.41, 5.74) is 1.87. The van der Waals surface area contributed by atoms with Crippen LogP contribution in [0.1, 0.15) is 27.9 Å². The molecule has 0 amide bonds. The maximum Gasteiger partial charge on any atom is 0.342 e. The summed E-state index contributed by atoms with van der Waals surface area (Å²) < 4.78 is 3.31. The minimum Gasteiger partial charge on any atom is -0.421 e. The van der Waals surface area contributed by atoms with Crippen LogP contribution in [0.2, 0.25) is 10.0 Å². The zero-order chi connectivity index (χ0) is 20.1. The summed E-state index contributed by atoms with van der Waals surface area (Å²) in [6.45, 7) is 0. The monoisotopic (exact) mass is 449 g/mol. The van der Waals surface area contributed by atoms with Crippen molar-refractivity contribution in [2.75, 3.05) is 33.1 Å². The van der Waals surface area contributed by atoms with Crippen LogP contribution in [0, 0.1) is 0 Å². The van der Waals surface area contributed by atoms with E-state index in [-0.39, 0.29) is 21.2 Å². The zero-order valence-electron chi connectivity index (χ0n) is 15.2. The second-order valence-corrected chi connectivity index (χ2v) is 8.58. The molecular weight excluding hydrogens is 432 g/mol. The van der Waals surface area contributed by atoms with E-state index in [2.05, 4.69) is 10.6 Å². The van der Waals surface area contributed by atoms with E-state index >= 15 is 0 Å². The standard InChI is InChI=1S/C18H19Cl4N3O2/c1-23-9-5-7-17(24-2,8-6-9)12-10-11(18(21,22)27-16(10)26)13(19)14(20)15(12)25(3)4/h5-7,23-24H,8H2,1-4H3. The number of carbonyl (C=O) groups is 1. The highest BCUT2D eigenvalue weighted by Gasteiger charge is 2.51. The van der Waals surface area contributed by atoms with Crippen molar-refractivity contribution in [1.29, 1.82) is 0 Å². The summed E-state index contributed by atoms with van der Waals surface area (Å²) in [6, 6.07) is 0. The van der Waals surface area contributed by atoms with Crippen LogP contribution < -0.4 is 15.5 Å². The Morgan fingerprint density at radius 3 is 2.30 bits per heavy atom. The van der Waals surface area contributed by atoms with Crippen molar-refractivity contribution in [3.05, 3.63) is 50.7 Å². The Morgan fingerprint density at radius 1 is 1.15 bits per heavy atom. The van der Waals surface area contributed by atoms with Crippen LogP contribution in [0.5, 0.6) is 0 Å². The van der Waals surface area contributed by atoms with Gasteiger partial charge in [0, 0.05) is 32.4 Å². The second kappa shape index (κ2) is 7.05. The lowest BCUT2D eigenvalue weighted by Crippen LogP contribution is -2.42. The first-order valence-corrected chi connectivity index (χ1v) is 9.71. The SMILES string of the molecule is CNC1=CCC(NC)(c2c3c(c(Cl)c(Cl)c2N(C)C)C(Cl)(Cl)OC3=O)C=C1. The number of nitrogens with zero attached hydrogens (tertiary/aromatic N) is 1. The maximum absolute atomic E-state index is 12.8. The van der Waals surface area contributed by atoms with Crippen molar-refractivity contribution < 1.29 is 9.53 Å². The Bertz CT molecular complexity index is 880. The number of carbonyl (C=O) groups excluding carboxylic acids is 1. The van der Waals surface area contributed by atoms with Gasteiger partial charge in [0.05, 0.1) is 32.4 Å². The zero-order valence-corrected chi connectivity index (χ0v) is 18.2. The lowest BCUT2D eigenvalue weighted by atomic mass is 9.78. The lowest BCUT2D eigenvalue weighted by molar-refractivity contribution is 0.0446. The number of hydrogen-bond acceptors (Lipinski definition) is 5. The molecule has 1 unspecified atom stereocenters. The average Bonchev–Trinajstić information content (AvgIpc) is 2.86. The molecule has 1 aliphatic heterocycles. The number of halogens is 4. The third kappa shape index (κ3) is 3.10. The van der Waals surface area contributed by atoms with Gasteiger partial charge in [0.25, 0.3) is 4.52 Å². The minimum atomic E-state index is -1.90. The molecule has 1 heterocycles. The number of anilines is 1. The molecule has 0 fully saturated rings. The van der Waals surface area contributed by atoms with Gasteiger partial charge in [-0.15, -0.1) is 0 Å². The number of allylic oxidation sites excluding steroid dienone is 1. The van der Waals surface area contributed by atoms with Crippen LogP contribution in [0.3, 0.4) is 0 Å². The van der Waals surface area contributed by atoms with Crippen molar-refractivity contribution in [1.82, 2.24) is 10.6 Å². The van der Waals surface area contributed by atoms with Crippen LogP contribution in [0.25, 0.3) is 0 Å².